The van der Waals surface area contributed by atoms with Gasteiger partial charge < -0.3 is 9.84 Å². The van der Waals surface area contributed by atoms with Gasteiger partial charge in [-0.25, -0.2) is 4.98 Å². The average Bonchev–Trinajstić information content (AvgIpc) is 2.86. The molecule has 0 radical (unpaired) electrons. The molecule has 0 amide bonds. The van der Waals surface area contributed by atoms with Gasteiger partial charge in [0.1, 0.15) is 17.0 Å². The van der Waals surface area contributed by atoms with E-state index in [2.05, 4.69) is 25.1 Å². The molecule has 2 heterocycles. The van der Waals surface area contributed by atoms with E-state index in [4.69, 9.17) is 0 Å². The lowest BCUT2D eigenvalue weighted by atomic mass is 10.1. The molecule has 0 bridgehead atoms. The molecule has 0 atom stereocenters. The Balaban J connectivity index is 2.05. The molecule has 3 rings (SSSR count). The Bertz CT molecular complexity index is 801. The number of aromatic hydroxyl groups is 1. The minimum atomic E-state index is -4.80. The summed E-state index contributed by atoms with van der Waals surface area (Å²) in [5.74, 6) is -0.635. The fourth-order valence-corrected chi connectivity index (χ4v) is 1.83. The second-order valence-electron chi connectivity index (χ2n) is 4.12. The topological polar surface area (TPSA) is 83.9 Å². The van der Waals surface area contributed by atoms with Crippen LogP contribution in [0.3, 0.4) is 0 Å². The second kappa shape index (κ2) is 4.62. The number of benzene rings is 1. The van der Waals surface area contributed by atoms with E-state index >= 15 is 0 Å². The zero-order valence-corrected chi connectivity index (χ0v) is 10.2. The zero-order valence-electron chi connectivity index (χ0n) is 10.2. The van der Waals surface area contributed by atoms with Crippen molar-refractivity contribution in [3.05, 3.63) is 30.5 Å². The van der Waals surface area contributed by atoms with Gasteiger partial charge in [0.2, 0.25) is 5.65 Å². The number of hydrogen-bond acceptors (Lipinski definition) is 5. The molecule has 21 heavy (non-hydrogen) atoms. The van der Waals surface area contributed by atoms with E-state index in [0.29, 0.717) is 16.7 Å². The number of phenols is 1. The summed E-state index contributed by atoms with van der Waals surface area (Å²) in [6, 6.07) is 4.75. The highest BCUT2D eigenvalue weighted by molar-refractivity contribution is 5.79. The summed E-state index contributed by atoms with van der Waals surface area (Å²) < 4.78 is 40.5. The van der Waals surface area contributed by atoms with Gasteiger partial charge in [-0.15, -0.1) is 18.3 Å². The first kappa shape index (κ1) is 13.2. The van der Waals surface area contributed by atoms with Crippen LogP contribution in [0.15, 0.2) is 30.5 Å². The molecule has 2 aromatic heterocycles. The Morgan fingerprint density at radius 1 is 1.14 bits per heavy atom. The van der Waals surface area contributed by atoms with Crippen molar-refractivity contribution >= 4 is 11.2 Å². The lowest BCUT2D eigenvalue weighted by Crippen LogP contribution is -2.17. The predicted molar refractivity (Wildman–Crippen MR) is 65.5 cm³/mol. The van der Waals surface area contributed by atoms with E-state index < -0.39 is 12.1 Å². The molecule has 1 aromatic carbocycles. The van der Waals surface area contributed by atoms with E-state index in [-0.39, 0.29) is 11.3 Å². The molecule has 108 valence electrons. The van der Waals surface area contributed by atoms with Gasteiger partial charge in [0.05, 0.1) is 0 Å². The third-order valence-electron chi connectivity index (χ3n) is 2.69. The van der Waals surface area contributed by atoms with Crippen molar-refractivity contribution in [1.82, 2.24) is 20.4 Å². The van der Waals surface area contributed by atoms with Gasteiger partial charge in [-0.1, -0.05) is 0 Å². The average molecular weight is 296 g/mol. The molecule has 0 spiro atoms. The minimum absolute atomic E-state index is 0.147. The Hall–Kier alpha value is -2.84. The Morgan fingerprint density at radius 3 is 2.71 bits per heavy atom. The third kappa shape index (κ3) is 2.71. The van der Waals surface area contributed by atoms with Gasteiger partial charge in [0.25, 0.3) is 0 Å². The number of hydrogen-bond donors (Lipinski definition) is 2. The van der Waals surface area contributed by atoms with E-state index in [1.807, 2.05) is 0 Å². The smallest absolute Gasteiger partial charge is 0.507 e. The van der Waals surface area contributed by atoms with Crippen molar-refractivity contribution in [1.29, 1.82) is 0 Å². The second-order valence-corrected chi connectivity index (χ2v) is 4.12. The molecule has 0 aliphatic rings. The van der Waals surface area contributed by atoms with E-state index in [1.54, 1.807) is 0 Å². The van der Waals surface area contributed by atoms with E-state index in [0.717, 1.165) is 18.2 Å². The molecule has 3 aromatic rings. The van der Waals surface area contributed by atoms with Crippen LogP contribution in [0.1, 0.15) is 0 Å². The maximum atomic E-state index is 12.2. The molecule has 9 heteroatoms. The summed E-state index contributed by atoms with van der Waals surface area (Å²) >= 11 is 0. The van der Waals surface area contributed by atoms with Gasteiger partial charge in [0, 0.05) is 17.3 Å². The summed E-state index contributed by atoms with van der Waals surface area (Å²) in [5, 5.41) is 19.8. The first-order chi connectivity index (χ1) is 9.92. The molecule has 0 saturated carbocycles. The number of nitrogens with zero attached hydrogens (tertiary/aromatic N) is 3. The number of halogens is 3. The quantitative estimate of drug-likeness (QED) is 0.759. The lowest BCUT2D eigenvalue weighted by Gasteiger charge is -2.11. The summed E-state index contributed by atoms with van der Waals surface area (Å²) in [5.41, 5.74) is 1.32. The van der Waals surface area contributed by atoms with Crippen molar-refractivity contribution < 1.29 is 23.0 Å². The number of fused-ring (bicyclic) bond motifs is 1. The van der Waals surface area contributed by atoms with Crippen LogP contribution in [0.5, 0.6) is 11.5 Å². The highest BCUT2D eigenvalue weighted by atomic mass is 19.4. The Morgan fingerprint density at radius 2 is 1.95 bits per heavy atom. The lowest BCUT2D eigenvalue weighted by molar-refractivity contribution is -0.274. The van der Waals surface area contributed by atoms with Gasteiger partial charge >= 0.3 is 6.36 Å². The van der Waals surface area contributed by atoms with Crippen LogP contribution in [0.2, 0.25) is 0 Å². The maximum absolute atomic E-state index is 12.2. The van der Waals surface area contributed by atoms with Crippen molar-refractivity contribution in [3.8, 4) is 22.6 Å². The van der Waals surface area contributed by atoms with Crippen LogP contribution in [0.4, 0.5) is 13.2 Å². The normalized spacial score (nSPS) is 11.8. The molecular formula is C12H7F3N4O2. The minimum Gasteiger partial charge on any atom is -0.507 e. The number of phenolic OH excluding ortho intramolecular Hbond substituents is 1. The van der Waals surface area contributed by atoms with Crippen LogP contribution in [0.25, 0.3) is 22.3 Å². The van der Waals surface area contributed by atoms with Crippen LogP contribution in [0, 0.1) is 0 Å². The van der Waals surface area contributed by atoms with Crippen LogP contribution in [-0.4, -0.2) is 31.9 Å². The molecule has 6 nitrogen and oxygen atoms in total. The summed E-state index contributed by atoms with van der Waals surface area (Å²) in [4.78, 5) is 3.98. The SMILES string of the molecule is Oc1ccc(OC(F)(F)F)cc1-c1cnc2n[nH]nc2c1. The standard InChI is InChI=1S/C12H7F3N4O2/c13-12(14,15)21-7-1-2-10(20)8(4-7)6-3-9-11(16-5-6)18-19-17-9/h1-5,20H,(H,16,17,18,19). The van der Waals surface area contributed by atoms with Crippen molar-refractivity contribution in [2.45, 2.75) is 6.36 Å². The fraction of sp³-hybridized carbons (Fsp3) is 0.0833. The van der Waals surface area contributed by atoms with Crippen LogP contribution in [-0.2, 0) is 0 Å². The van der Waals surface area contributed by atoms with Crippen LogP contribution < -0.4 is 4.74 Å². The molecule has 0 aliphatic carbocycles. The Kier molecular flexibility index (Phi) is 2.89. The Labute approximate surface area is 115 Å². The summed E-state index contributed by atoms with van der Waals surface area (Å²) in [6.45, 7) is 0. The van der Waals surface area contributed by atoms with E-state index in [1.165, 1.54) is 12.3 Å². The fourth-order valence-electron chi connectivity index (χ4n) is 1.83. The van der Waals surface area contributed by atoms with Crippen molar-refractivity contribution in [2.24, 2.45) is 0 Å². The predicted octanol–water partition coefficient (Wildman–Crippen LogP) is 2.62. The maximum Gasteiger partial charge on any atom is 0.573 e. The molecular weight excluding hydrogens is 289 g/mol. The highest BCUT2D eigenvalue weighted by Crippen LogP contribution is 2.34. The van der Waals surface area contributed by atoms with E-state index in [9.17, 15) is 18.3 Å². The van der Waals surface area contributed by atoms with Crippen molar-refractivity contribution in [2.75, 3.05) is 0 Å². The molecule has 0 saturated heterocycles. The number of ether oxygens (including phenoxy) is 1. The zero-order chi connectivity index (χ0) is 15.0. The first-order valence-electron chi connectivity index (χ1n) is 5.68. The molecule has 2 N–H and O–H groups in total. The highest BCUT2D eigenvalue weighted by Gasteiger charge is 2.31. The summed E-state index contributed by atoms with van der Waals surface area (Å²) in [6.07, 6.45) is -3.43. The van der Waals surface area contributed by atoms with Gasteiger partial charge in [-0.3, -0.25) is 0 Å². The monoisotopic (exact) mass is 296 g/mol. The molecule has 0 aliphatic heterocycles. The number of pyridine rings is 1. The third-order valence-corrected chi connectivity index (χ3v) is 2.69. The van der Waals surface area contributed by atoms with Gasteiger partial charge in [-0.05, 0) is 24.3 Å². The summed E-state index contributed by atoms with van der Waals surface area (Å²) in [7, 11) is 0. The number of aromatic nitrogens is 4. The number of rotatable bonds is 2. The number of H-pyrrole nitrogens is 1. The van der Waals surface area contributed by atoms with Gasteiger partial charge in [-0.2, -0.15) is 10.3 Å². The molecule has 0 unspecified atom stereocenters. The number of nitrogens with one attached hydrogen (secondary N) is 1. The number of alkyl halides is 3. The molecule has 0 fully saturated rings. The van der Waals surface area contributed by atoms with Crippen molar-refractivity contribution in [3.63, 3.8) is 0 Å². The first-order valence-corrected chi connectivity index (χ1v) is 5.68. The number of aromatic amines is 1. The van der Waals surface area contributed by atoms with Gasteiger partial charge in [0.15, 0.2) is 0 Å². The van der Waals surface area contributed by atoms with Crippen LogP contribution >= 0.6 is 0 Å². The largest absolute Gasteiger partial charge is 0.573 e.